The Morgan fingerprint density at radius 3 is 2.88 bits per heavy atom. The lowest BCUT2D eigenvalue weighted by atomic mass is 9.72. The highest BCUT2D eigenvalue weighted by atomic mass is 16.2. The van der Waals surface area contributed by atoms with E-state index in [9.17, 15) is 4.79 Å². The first-order valence-corrected chi connectivity index (χ1v) is 6.36. The van der Waals surface area contributed by atoms with Crippen LogP contribution in [0.25, 0.3) is 0 Å². The molecule has 1 saturated heterocycles. The fourth-order valence-corrected chi connectivity index (χ4v) is 2.96. The average molecular weight is 222 g/mol. The average Bonchev–Trinajstić information content (AvgIpc) is 2.34. The molecule has 1 heterocycles. The molecule has 1 N–H and O–H groups in total. The van der Waals surface area contributed by atoms with E-state index in [-0.39, 0.29) is 11.4 Å². The minimum absolute atomic E-state index is 0.0699. The lowest BCUT2D eigenvalue weighted by Gasteiger charge is -2.44. The van der Waals surface area contributed by atoms with Crippen LogP contribution in [0.5, 0.6) is 0 Å². The van der Waals surface area contributed by atoms with Crippen LogP contribution in [0.3, 0.4) is 0 Å². The van der Waals surface area contributed by atoms with Crippen LogP contribution < -0.4 is 5.32 Å². The topological polar surface area (TPSA) is 32.3 Å². The second-order valence-electron chi connectivity index (χ2n) is 5.12. The van der Waals surface area contributed by atoms with E-state index in [1.807, 2.05) is 11.9 Å². The van der Waals surface area contributed by atoms with E-state index in [2.05, 4.69) is 18.3 Å². The molecular weight excluding hydrogens is 200 g/mol. The molecule has 90 valence electrons. The molecule has 1 atom stereocenters. The molecule has 2 aliphatic rings. The maximum absolute atomic E-state index is 11.5. The van der Waals surface area contributed by atoms with Crippen LogP contribution in [0.2, 0.25) is 0 Å². The number of rotatable bonds is 2. The molecule has 3 heteroatoms. The largest absolute Gasteiger partial charge is 0.337 e. The summed E-state index contributed by atoms with van der Waals surface area (Å²) in [6.07, 6.45) is 8.60. The first-order valence-electron chi connectivity index (χ1n) is 6.36. The number of amides is 2. The summed E-state index contributed by atoms with van der Waals surface area (Å²) in [7, 11) is 1.89. The van der Waals surface area contributed by atoms with Crippen molar-refractivity contribution in [2.45, 2.75) is 39.0 Å². The Hall–Kier alpha value is -0.990. The number of hydrogen-bond donors (Lipinski definition) is 1. The monoisotopic (exact) mass is 222 g/mol. The molecule has 1 fully saturated rings. The predicted octanol–water partition coefficient (Wildman–Crippen LogP) is 2.54. The number of hydrogen-bond acceptors (Lipinski definition) is 1. The third-order valence-corrected chi connectivity index (χ3v) is 4.11. The number of urea groups is 1. The first-order chi connectivity index (χ1) is 7.68. The quantitative estimate of drug-likeness (QED) is 0.715. The zero-order chi connectivity index (χ0) is 11.6. The normalized spacial score (nSPS) is 31.0. The van der Waals surface area contributed by atoms with Gasteiger partial charge < -0.3 is 10.2 Å². The molecule has 1 aliphatic carbocycles. The zero-order valence-corrected chi connectivity index (χ0v) is 10.4. The molecule has 0 aromatic rings. The van der Waals surface area contributed by atoms with E-state index >= 15 is 0 Å². The Bertz CT molecular complexity index is 311. The van der Waals surface area contributed by atoms with Gasteiger partial charge in [-0.05, 0) is 32.1 Å². The van der Waals surface area contributed by atoms with E-state index in [4.69, 9.17) is 0 Å². The number of nitrogens with one attached hydrogen (secondary N) is 1. The summed E-state index contributed by atoms with van der Waals surface area (Å²) in [6, 6.07) is 0.0699. The molecular formula is C13H22N2O. The van der Waals surface area contributed by atoms with Gasteiger partial charge in [-0.15, -0.1) is 0 Å². The second-order valence-corrected chi connectivity index (χ2v) is 5.12. The molecule has 1 aliphatic heterocycles. The number of carbonyl (C=O) groups is 1. The molecule has 0 unspecified atom stereocenters. The standard InChI is InChI=1S/C13H22N2O/c1-3-13(11-7-5-4-6-8-11)9-14-12(16)15(2)10-13/h7H,3-6,8-10H2,1-2H3,(H,14,16)/t13-/m0/s1. The van der Waals surface area contributed by atoms with Gasteiger partial charge in [0.15, 0.2) is 0 Å². The first kappa shape index (κ1) is 11.5. The van der Waals surface area contributed by atoms with Crippen LogP contribution in [-0.4, -0.2) is 31.1 Å². The number of carbonyl (C=O) groups excluding carboxylic acids is 1. The molecule has 0 aromatic carbocycles. The van der Waals surface area contributed by atoms with Crippen LogP contribution in [-0.2, 0) is 0 Å². The van der Waals surface area contributed by atoms with Gasteiger partial charge in [0.2, 0.25) is 0 Å². The zero-order valence-electron chi connectivity index (χ0n) is 10.4. The van der Waals surface area contributed by atoms with Crippen molar-refractivity contribution in [1.29, 1.82) is 0 Å². The maximum atomic E-state index is 11.5. The summed E-state index contributed by atoms with van der Waals surface area (Å²) in [4.78, 5) is 13.3. The van der Waals surface area contributed by atoms with Gasteiger partial charge in [0.1, 0.15) is 0 Å². The van der Waals surface area contributed by atoms with Gasteiger partial charge >= 0.3 is 6.03 Å². The lowest BCUT2D eigenvalue weighted by Crippen LogP contribution is -2.56. The fourth-order valence-electron chi connectivity index (χ4n) is 2.96. The van der Waals surface area contributed by atoms with Crippen molar-refractivity contribution in [2.75, 3.05) is 20.1 Å². The van der Waals surface area contributed by atoms with Gasteiger partial charge in [-0.2, -0.15) is 0 Å². The van der Waals surface area contributed by atoms with E-state index in [0.717, 1.165) is 19.5 Å². The van der Waals surface area contributed by atoms with Crippen molar-refractivity contribution in [3.8, 4) is 0 Å². The highest BCUT2D eigenvalue weighted by Gasteiger charge is 2.38. The lowest BCUT2D eigenvalue weighted by molar-refractivity contribution is 0.146. The van der Waals surface area contributed by atoms with Gasteiger partial charge in [0.05, 0.1) is 0 Å². The summed E-state index contributed by atoms with van der Waals surface area (Å²) in [5.74, 6) is 0. The highest BCUT2D eigenvalue weighted by molar-refractivity contribution is 5.75. The highest BCUT2D eigenvalue weighted by Crippen LogP contribution is 2.38. The minimum atomic E-state index is 0.0699. The van der Waals surface area contributed by atoms with Gasteiger partial charge in [-0.3, -0.25) is 0 Å². The van der Waals surface area contributed by atoms with Gasteiger partial charge in [0, 0.05) is 25.6 Å². The molecule has 0 aromatic heterocycles. The summed E-state index contributed by atoms with van der Waals surface area (Å²) >= 11 is 0. The third-order valence-electron chi connectivity index (χ3n) is 4.11. The van der Waals surface area contributed by atoms with Crippen LogP contribution in [0.4, 0.5) is 4.79 Å². The number of nitrogens with zero attached hydrogens (tertiary/aromatic N) is 1. The SMILES string of the molecule is CC[C@]1(C2=CCCCC2)CNC(=O)N(C)C1. The number of allylic oxidation sites excluding steroid dienone is 1. The van der Waals surface area contributed by atoms with Gasteiger partial charge in [-0.25, -0.2) is 4.79 Å². The summed E-state index contributed by atoms with van der Waals surface area (Å²) in [6.45, 7) is 3.93. The van der Waals surface area contributed by atoms with Crippen molar-refractivity contribution in [3.63, 3.8) is 0 Å². The van der Waals surface area contributed by atoms with Crippen molar-refractivity contribution >= 4 is 6.03 Å². The van der Waals surface area contributed by atoms with E-state index in [1.54, 1.807) is 5.57 Å². The van der Waals surface area contributed by atoms with Crippen molar-refractivity contribution in [2.24, 2.45) is 5.41 Å². The van der Waals surface area contributed by atoms with Crippen molar-refractivity contribution in [1.82, 2.24) is 10.2 Å². The van der Waals surface area contributed by atoms with E-state index in [1.165, 1.54) is 25.7 Å². The van der Waals surface area contributed by atoms with Crippen molar-refractivity contribution in [3.05, 3.63) is 11.6 Å². The minimum Gasteiger partial charge on any atom is -0.337 e. The Morgan fingerprint density at radius 1 is 1.50 bits per heavy atom. The van der Waals surface area contributed by atoms with Crippen LogP contribution in [0.15, 0.2) is 11.6 Å². The third kappa shape index (κ3) is 1.95. The molecule has 0 radical (unpaired) electrons. The molecule has 0 spiro atoms. The summed E-state index contributed by atoms with van der Waals surface area (Å²) in [5.41, 5.74) is 1.77. The Kier molecular flexibility index (Phi) is 3.22. The van der Waals surface area contributed by atoms with E-state index < -0.39 is 0 Å². The Labute approximate surface area is 97.9 Å². The van der Waals surface area contributed by atoms with Gasteiger partial charge in [0.25, 0.3) is 0 Å². The molecule has 0 bridgehead atoms. The molecule has 0 saturated carbocycles. The van der Waals surface area contributed by atoms with Crippen LogP contribution in [0, 0.1) is 5.41 Å². The molecule has 2 rings (SSSR count). The Balaban J connectivity index is 2.19. The van der Waals surface area contributed by atoms with Gasteiger partial charge in [-0.1, -0.05) is 18.6 Å². The smallest absolute Gasteiger partial charge is 0.317 e. The van der Waals surface area contributed by atoms with E-state index in [0.29, 0.717) is 0 Å². The van der Waals surface area contributed by atoms with Crippen molar-refractivity contribution < 1.29 is 4.79 Å². The Morgan fingerprint density at radius 2 is 2.31 bits per heavy atom. The fraction of sp³-hybridized carbons (Fsp3) is 0.769. The predicted molar refractivity (Wildman–Crippen MR) is 65.3 cm³/mol. The summed E-state index contributed by atoms with van der Waals surface area (Å²) in [5, 5.41) is 3.02. The van der Waals surface area contributed by atoms with Crippen LogP contribution >= 0.6 is 0 Å². The van der Waals surface area contributed by atoms with Crippen LogP contribution in [0.1, 0.15) is 39.0 Å². The molecule has 2 amide bonds. The molecule has 16 heavy (non-hydrogen) atoms. The summed E-state index contributed by atoms with van der Waals surface area (Å²) < 4.78 is 0. The second kappa shape index (κ2) is 4.48. The maximum Gasteiger partial charge on any atom is 0.317 e. The molecule has 3 nitrogen and oxygen atoms in total.